The number of para-hydroxylation sites is 1. The number of hydrogen-bond acceptors (Lipinski definition) is 3. The van der Waals surface area contributed by atoms with E-state index in [1.807, 2.05) is 41.3 Å². The average molecular weight is 349 g/mol. The van der Waals surface area contributed by atoms with Gasteiger partial charge in [0, 0.05) is 24.4 Å². The highest BCUT2D eigenvalue weighted by Crippen LogP contribution is 2.23. The van der Waals surface area contributed by atoms with E-state index in [0.717, 1.165) is 36.0 Å². The molecule has 2 heterocycles. The summed E-state index contributed by atoms with van der Waals surface area (Å²) < 4.78 is 5.93. The summed E-state index contributed by atoms with van der Waals surface area (Å²) in [6, 6.07) is 15.8. The molecule has 0 aliphatic carbocycles. The van der Waals surface area contributed by atoms with Crippen LogP contribution >= 0.6 is 0 Å². The van der Waals surface area contributed by atoms with Crippen LogP contribution < -0.4 is 4.74 Å². The molecule has 1 unspecified atom stereocenters. The molecule has 3 aromatic rings. The van der Waals surface area contributed by atoms with Gasteiger partial charge in [-0.2, -0.15) is 5.10 Å². The van der Waals surface area contributed by atoms with Crippen LogP contribution in [0.5, 0.6) is 5.75 Å². The molecule has 4 rings (SSSR count). The monoisotopic (exact) mass is 349 g/mol. The smallest absolute Gasteiger partial charge is 0.275 e. The Morgan fingerprint density at radius 2 is 2.04 bits per heavy atom. The minimum absolute atomic E-state index is 0.00230. The first kappa shape index (κ1) is 16.6. The molecule has 134 valence electrons. The van der Waals surface area contributed by atoms with Gasteiger partial charge in [0.1, 0.15) is 5.75 Å². The molecule has 1 aliphatic heterocycles. The number of hydrogen-bond donors (Lipinski definition) is 1. The third-order valence-corrected chi connectivity index (χ3v) is 4.99. The van der Waals surface area contributed by atoms with E-state index in [4.69, 9.17) is 4.74 Å². The zero-order valence-electron chi connectivity index (χ0n) is 14.9. The van der Waals surface area contributed by atoms with Gasteiger partial charge >= 0.3 is 0 Å². The summed E-state index contributed by atoms with van der Waals surface area (Å²) in [4.78, 5) is 14.8. The Morgan fingerprint density at radius 1 is 1.23 bits per heavy atom. The quantitative estimate of drug-likeness (QED) is 0.779. The molecule has 0 saturated carbocycles. The Bertz CT molecular complexity index is 901. The van der Waals surface area contributed by atoms with Crippen molar-refractivity contribution in [1.29, 1.82) is 0 Å². The van der Waals surface area contributed by atoms with Crippen molar-refractivity contribution < 1.29 is 9.53 Å². The summed E-state index contributed by atoms with van der Waals surface area (Å²) in [6.07, 6.45) is 2.08. The van der Waals surface area contributed by atoms with Gasteiger partial charge in [-0.15, -0.1) is 0 Å². The van der Waals surface area contributed by atoms with Crippen LogP contribution in [0.25, 0.3) is 10.9 Å². The molecule has 1 fully saturated rings. The van der Waals surface area contributed by atoms with Crippen LogP contribution in [0.4, 0.5) is 0 Å². The lowest BCUT2D eigenvalue weighted by atomic mass is 9.98. The van der Waals surface area contributed by atoms with Crippen LogP contribution in [0.3, 0.4) is 0 Å². The molecule has 0 bridgehead atoms. The Morgan fingerprint density at radius 3 is 2.88 bits per heavy atom. The number of ether oxygens (including phenoxy) is 1. The van der Waals surface area contributed by atoms with E-state index in [2.05, 4.69) is 29.3 Å². The number of nitrogens with one attached hydrogen (secondary N) is 1. The number of carbonyl (C=O) groups excluding carboxylic acids is 1. The first-order valence-corrected chi connectivity index (χ1v) is 9.12. The van der Waals surface area contributed by atoms with Gasteiger partial charge in [-0.3, -0.25) is 9.89 Å². The molecule has 1 amide bonds. The number of aromatic amines is 1. The maximum Gasteiger partial charge on any atom is 0.275 e. The van der Waals surface area contributed by atoms with Crippen LogP contribution in [0, 0.1) is 12.8 Å². The van der Waals surface area contributed by atoms with Crippen molar-refractivity contribution in [1.82, 2.24) is 15.1 Å². The number of aryl methyl sites for hydroxylation is 1. The molecule has 26 heavy (non-hydrogen) atoms. The summed E-state index contributed by atoms with van der Waals surface area (Å²) >= 11 is 0. The van der Waals surface area contributed by atoms with Crippen LogP contribution in [-0.4, -0.2) is 40.7 Å². The second-order valence-corrected chi connectivity index (χ2v) is 7.00. The molecule has 5 nitrogen and oxygen atoms in total. The Balaban J connectivity index is 1.41. The molecule has 2 aromatic carbocycles. The number of likely N-dealkylation sites (tertiary alicyclic amines) is 1. The number of amides is 1. The van der Waals surface area contributed by atoms with Crippen LogP contribution in [0.15, 0.2) is 48.5 Å². The zero-order valence-corrected chi connectivity index (χ0v) is 14.9. The molecule has 1 aliphatic rings. The number of fused-ring (bicyclic) bond motifs is 1. The van der Waals surface area contributed by atoms with Gasteiger partial charge in [-0.05, 0) is 38.0 Å². The summed E-state index contributed by atoms with van der Waals surface area (Å²) in [7, 11) is 0. The normalized spacial score (nSPS) is 17.4. The van der Waals surface area contributed by atoms with E-state index in [9.17, 15) is 4.79 Å². The number of benzene rings is 2. The van der Waals surface area contributed by atoms with Crippen molar-refractivity contribution in [3.63, 3.8) is 0 Å². The van der Waals surface area contributed by atoms with Crippen molar-refractivity contribution in [3.05, 3.63) is 59.8 Å². The van der Waals surface area contributed by atoms with Gasteiger partial charge in [0.05, 0.1) is 12.1 Å². The minimum Gasteiger partial charge on any atom is -0.493 e. The molecule has 1 atom stereocenters. The molecule has 5 heteroatoms. The van der Waals surface area contributed by atoms with Gasteiger partial charge < -0.3 is 9.64 Å². The maximum atomic E-state index is 12.9. The Kier molecular flexibility index (Phi) is 4.61. The van der Waals surface area contributed by atoms with Crippen molar-refractivity contribution >= 4 is 16.8 Å². The largest absolute Gasteiger partial charge is 0.493 e. The number of carbonyl (C=O) groups is 1. The highest BCUT2D eigenvalue weighted by molar-refractivity contribution is 6.04. The molecular weight excluding hydrogens is 326 g/mol. The maximum absolute atomic E-state index is 12.9. The number of H-pyrrole nitrogens is 1. The number of nitrogens with zero attached hydrogens (tertiary/aromatic N) is 2. The SMILES string of the molecule is Cc1ccc(OCC2CCCN(C(=O)c3n[nH]c4ccccc34)C2)cc1. The van der Waals surface area contributed by atoms with E-state index in [1.165, 1.54) is 5.56 Å². The van der Waals surface area contributed by atoms with E-state index >= 15 is 0 Å². The van der Waals surface area contributed by atoms with E-state index in [-0.39, 0.29) is 5.91 Å². The van der Waals surface area contributed by atoms with E-state index in [1.54, 1.807) is 0 Å². The van der Waals surface area contributed by atoms with E-state index < -0.39 is 0 Å². The lowest BCUT2D eigenvalue weighted by molar-refractivity contribution is 0.0629. The van der Waals surface area contributed by atoms with Crippen LogP contribution in [0.1, 0.15) is 28.9 Å². The summed E-state index contributed by atoms with van der Waals surface area (Å²) in [5, 5.41) is 8.08. The van der Waals surface area contributed by atoms with Gasteiger partial charge in [0.15, 0.2) is 5.69 Å². The van der Waals surface area contributed by atoms with Crippen LogP contribution in [-0.2, 0) is 0 Å². The molecule has 1 aromatic heterocycles. The van der Waals surface area contributed by atoms with Gasteiger partial charge in [-0.25, -0.2) is 0 Å². The van der Waals surface area contributed by atoms with Gasteiger partial charge in [0.25, 0.3) is 5.91 Å². The second kappa shape index (κ2) is 7.20. The first-order valence-electron chi connectivity index (χ1n) is 9.12. The second-order valence-electron chi connectivity index (χ2n) is 7.00. The Hall–Kier alpha value is -2.82. The van der Waals surface area contributed by atoms with Gasteiger partial charge in [-0.1, -0.05) is 35.9 Å². The highest BCUT2D eigenvalue weighted by atomic mass is 16.5. The molecular formula is C21H23N3O2. The molecule has 1 N–H and O–H groups in total. The fourth-order valence-electron chi connectivity index (χ4n) is 3.51. The lowest BCUT2D eigenvalue weighted by Gasteiger charge is -2.32. The number of rotatable bonds is 4. The number of piperidine rings is 1. The third-order valence-electron chi connectivity index (χ3n) is 4.99. The topological polar surface area (TPSA) is 58.2 Å². The zero-order chi connectivity index (χ0) is 17.9. The van der Waals surface area contributed by atoms with Crippen molar-refractivity contribution in [2.45, 2.75) is 19.8 Å². The Labute approximate surface area is 153 Å². The summed E-state index contributed by atoms with van der Waals surface area (Å²) in [6.45, 7) is 4.19. The molecule has 1 saturated heterocycles. The fraction of sp³-hybridized carbons (Fsp3) is 0.333. The molecule has 0 spiro atoms. The van der Waals surface area contributed by atoms with Crippen LogP contribution in [0.2, 0.25) is 0 Å². The fourth-order valence-corrected chi connectivity index (χ4v) is 3.51. The summed E-state index contributed by atoms with van der Waals surface area (Å²) in [5.74, 6) is 1.24. The predicted molar refractivity (Wildman–Crippen MR) is 101 cm³/mol. The average Bonchev–Trinajstić information content (AvgIpc) is 3.11. The third kappa shape index (κ3) is 3.43. The standard InChI is InChI=1S/C21H23N3O2/c1-15-8-10-17(11-9-15)26-14-16-5-4-12-24(13-16)21(25)20-18-6-2-3-7-19(18)22-23-20/h2-3,6-11,16H,4-5,12-14H2,1H3,(H,22,23). The number of aromatic nitrogens is 2. The lowest BCUT2D eigenvalue weighted by Crippen LogP contribution is -2.41. The first-order chi connectivity index (χ1) is 12.7. The van der Waals surface area contributed by atoms with E-state index in [0.29, 0.717) is 24.8 Å². The summed E-state index contributed by atoms with van der Waals surface area (Å²) in [5.41, 5.74) is 2.63. The van der Waals surface area contributed by atoms with Crippen molar-refractivity contribution in [3.8, 4) is 5.75 Å². The van der Waals surface area contributed by atoms with Crippen molar-refractivity contribution in [2.75, 3.05) is 19.7 Å². The minimum atomic E-state index is 0.00230. The predicted octanol–water partition coefficient (Wildman–Crippen LogP) is 3.80. The van der Waals surface area contributed by atoms with Crippen molar-refractivity contribution in [2.24, 2.45) is 5.92 Å². The van der Waals surface area contributed by atoms with Gasteiger partial charge in [0.2, 0.25) is 0 Å². The molecule has 0 radical (unpaired) electrons. The highest BCUT2D eigenvalue weighted by Gasteiger charge is 2.27.